The molecule has 1 unspecified atom stereocenters. The number of benzene rings is 3. The van der Waals surface area contributed by atoms with Crippen LogP contribution in [0.2, 0.25) is 0 Å². The van der Waals surface area contributed by atoms with Gasteiger partial charge < -0.3 is 5.32 Å². The summed E-state index contributed by atoms with van der Waals surface area (Å²) in [5.41, 5.74) is 1.04. The first-order valence-electron chi connectivity index (χ1n) is 11.4. The van der Waals surface area contributed by atoms with Crippen LogP contribution in [-0.4, -0.2) is 26.9 Å². The second-order valence-corrected chi connectivity index (χ2v) is 9.73. The van der Waals surface area contributed by atoms with E-state index in [2.05, 4.69) is 31.4 Å². The van der Waals surface area contributed by atoms with E-state index in [1.165, 1.54) is 13.0 Å². The first-order chi connectivity index (χ1) is 17.6. The van der Waals surface area contributed by atoms with Crippen molar-refractivity contribution in [2.24, 2.45) is 0 Å². The molecule has 5 rings (SSSR count). The van der Waals surface area contributed by atoms with Crippen molar-refractivity contribution in [2.75, 3.05) is 5.32 Å². The highest BCUT2D eigenvalue weighted by Gasteiger charge is 2.36. The van der Waals surface area contributed by atoms with Crippen molar-refractivity contribution in [1.82, 2.24) is 15.1 Å². The van der Waals surface area contributed by atoms with Crippen LogP contribution in [0, 0.1) is 6.92 Å². The molecule has 2 amide bonds. The molecule has 188 valence electrons. The smallest absolute Gasteiger partial charge is 0.362 e. The number of hydrogen-bond acceptors (Lipinski definition) is 5. The normalized spacial score (nSPS) is 14.3. The van der Waals surface area contributed by atoms with Gasteiger partial charge >= 0.3 is 6.18 Å². The van der Waals surface area contributed by atoms with Crippen molar-refractivity contribution in [2.45, 2.75) is 32.6 Å². The number of imide groups is 1. The molecule has 1 aliphatic heterocycles. The van der Waals surface area contributed by atoms with E-state index in [9.17, 15) is 22.8 Å². The van der Waals surface area contributed by atoms with Gasteiger partial charge in [0.15, 0.2) is 5.82 Å². The molecule has 4 aromatic rings. The van der Waals surface area contributed by atoms with Crippen LogP contribution in [0.3, 0.4) is 0 Å². The molecule has 0 saturated carbocycles. The van der Waals surface area contributed by atoms with Crippen LogP contribution in [0.25, 0.3) is 10.8 Å². The Hall–Kier alpha value is -3.79. The van der Waals surface area contributed by atoms with Gasteiger partial charge in [-0.15, -0.1) is 5.10 Å². The zero-order valence-electron chi connectivity index (χ0n) is 19.7. The van der Waals surface area contributed by atoms with Gasteiger partial charge in [-0.2, -0.15) is 18.3 Å². The first-order valence-corrected chi connectivity index (χ1v) is 12.2. The van der Waals surface area contributed by atoms with Gasteiger partial charge in [-0.3, -0.25) is 14.5 Å². The average molecular weight is 569 g/mol. The predicted octanol–water partition coefficient (Wildman–Crippen LogP) is 6.69. The molecule has 2 heterocycles. The lowest BCUT2D eigenvalue weighted by Crippen LogP contribution is -2.29. The van der Waals surface area contributed by atoms with E-state index in [4.69, 9.17) is 0 Å². The maximum absolute atomic E-state index is 13.4. The summed E-state index contributed by atoms with van der Waals surface area (Å²) in [5.74, 6) is -0.432. The standard InChI is InChI=1S/C27H20BrF3N4O2/c1-14-17(8-5-9-22(14)27(29,30)31)15(2)32-24-21-12-16(28)10-11-18(21)23(33-34-24)13-35-25(36)19-6-3-4-7-20(19)26(35)37/h3-12,15H,13H2,1-2H3,(H,32,34). The van der Waals surface area contributed by atoms with Gasteiger partial charge in [0.1, 0.15) is 0 Å². The van der Waals surface area contributed by atoms with E-state index >= 15 is 0 Å². The van der Waals surface area contributed by atoms with Gasteiger partial charge in [-0.05, 0) is 55.3 Å². The number of rotatable bonds is 5. The largest absolute Gasteiger partial charge is 0.416 e. The summed E-state index contributed by atoms with van der Waals surface area (Å²) >= 11 is 3.45. The Bertz CT molecular complexity index is 1540. The molecular formula is C27H20BrF3N4O2. The summed E-state index contributed by atoms with van der Waals surface area (Å²) in [4.78, 5) is 26.9. The van der Waals surface area contributed by atoms with Gasteiger partial charge in [-0.25, -0.2) is 0 Å². The molecule has 3 aromatic carbocycles. The van der Waals surface area contributed by atoms with E-state index in [1.54, 1.807) is 49.4 Å². The topological polar surface area (TPSA) is 75.2 Å². The molecule has 1 aromatic heterocycles. The Morgan fingerprint density at radius 1 is 0.946 bits per heavy atom. The van der Waals surface area contributed by atoms with E-state index in [0.717, 1.165) is 15.4 Å². The minimum Gasteiger partial charge on any atom is -0.362 e. The van der Waals surface area contributed by atoms with Crippen LogP contribution in [-0.2, 0) is 12.7 Å². The van der Waals surface area contributed by atoms with Crippen molar-refractivity contribution in [3.8, 4) is 0 Å². The van der Waals surface area contributed by atoms with Gasteiger partial charge in [-0.1, -0.05) is 46.3 Å². The minimum atomic E-state index is -4.46. The van der Waals surface area contributed by atoms with Crippen molar-refractivity contribution < 1.29 is 22.8 Å². The Balaban J connectivity index is 1.49. The lowest BCUT2D eigenvalue weighted by Gasteiger charge is -2.21. The lowest BCUT2D eigenvalue weighted by atomic mass is 9.97. The molecular weight excluding hydrogens is 549 g/mol. The Kier molecular flexibility index (Phi) is 6.23. The number of aromatic nitrogens is 2. The number of alkyl halides is 3. The number of amides is 2. The number of nitrogens with one attached hydrogen (secondary N) is 1. The third kappa shape index (κ3) is 4.46. The van der Waals surface area contributed by atoms with Crippen LogP contribution >= 0.6 is 15.9 Å². The number of carbonyl (C=O) groups is 2. The molecule has 10 heteroatoms. The number of anilines is 1. The van der Waals surface area contributed by atoms with E-state index in [1.807, 2.05) is 6.07 Å². The summed E-state index contributed by atoms with van der Waals surface area (Å²) in [6, 6.07) is 15.6. The van der Waals surface area contributed by atoms with Crippen LogP contribution in [0.4, 0.5) is 19.0 Å². The monoisotopic (exact) mass is 568 g/mol. The molecule has 0 fully saturated rings. The molecule has 1 N–H and O–H groups in total. The maximum atomic E-state index is 13.4. The summed E-state index contributed by atoms with van der Waals surface area (Å²) in [6.07, 6.45) is -4.46. The summed E-state index contributed by atoms with van der Waals surface area (Å²) in [7, 11) is 0. The number of hydrogen-bond donors (Lipinski definition) is 1. The van der Waals surface area contributed by atoms with Crippen LogP contribution in [0.5, 0.6) is 0 Å². The highest BCUT2D eigenvalue weighted by atomic mass is 79.9. The van der Waals surface area contributed by atoms with Crippen molar-refractivity contribution in [1.29, 1.82) is 0 Å². The highest BCUT2D eigenvalue weighted by molar-refractivity contribution is 9.10. The number of fused-ring (bicyclic) bond motifs is 2. The minimum absolute atomic E-state index is 0.0694. The van der Waals surface area contributed by atoms with Gasteiger partial charge in [0.25, 0.3) is 11.8 Å². The van der Waals surface area contributed by atoms with Crippen molar-refractivity contribution in [3.63, 3.8) is 0 Å². The SMILES string of the molecule is Cc1c(C(C)Nc2nnc(CN3C(=O)c4ccccc4C3=O)c3ccc(Br)cc23)cccc1C(F)(F)F. The van der Waals surface area contributed by atoms with Crippen LogP contribution in [0.15, 0.2) is 65.1 Å². The number of halogens is 4. The predicted molar refractivity (Wildman–Crippen MR) is 136 cm³/mol. The second kappa shape index (κ2) is 9.26. The first kappa shape index (κ1) is 24.9. The van der Waals surface area contributed by atoms with Gasteiger partial charge in [0, 0.05) is 15.2 Å². The van der Waals surface area contributed by atoms with E-state index in [-0.39, 0.29) is 12.1 Å². The number of nitrogens with zero attached hydrogens (tertiary/aromatic N) is 3. The van der Waals surface area contributed by atoms with E-state index < -0.39 is 29.6 Å². The van der Waals surface area contributed by atoms with Crippen molar-refractivity contribution in [3.05, 3.63) is 98.6 Å². The van der Waals surface area contributed by atoms with E-state index in [0.29, 0.717) is 39.0 Å². The highest BCUT2D eigenvalue weighted by Crippen LogP contribution is 2.36. The maximum Gasteiger partial charge on any atom is 0.416 e. The summed E-state index contributed by atoms with van der Waals surface area (Å²) in [5, 5.41) is 13.1. The fourth-order valence-electron chi connectivity index (χ4n) is 4.65. The fraction of sp³-hybridized carbons (Fsp3) is 0.185. The third-order valence-corrected chi connectivity index (χ3v) is 7.00. The average Bonchev–Trinajstić information content (AvgIpc) is 3.09. The number of carbonyl (C=O) groups excluding carboxylic acids is 2. The van der Waals surface area contributed by atoms with Crippen LogP contribution < -0.4 is 5.32 Å². The molecule has 37 heavy (non-hydrogen) atoms. The molecule has 0 radical (unpaired) electrons. The molecule has 1 atom stereocenters. The molecule has 6 nitrogen and oxygen atoms in total. The summed E-state index contributed by atoms with van der Waals surface area (Å²) < 4.78 is 41.0. The van der Waals surface area contributed by atoms with Gasteiger partial charge in [0.2, 0.25) is 0 Å². The zero-order chi connectivity index (χ0) is 26.5. The zero-order valence-corrected chi connectivity index (χ0v) is 21.3. The Morgan fingerprint density at radius 2 is 1.62 bits per heavy atom. The third-order valence-electron chi connectivity index (χ3n) is 6.51. The van der Waals surface area contributed by atoms with Crippen molar-refractivity contribution >= 4 is 44.3 Å². The lowest BCUT2D eigenvalue weighted by molar-refractivity contribution is -0.138. The Morgan fingerprint density at radius 3 is 2.27 bits per heavy atom. The molecule has 1 aliphatic rings. The molecule has 0 aliphatic carbocycles. The second-order valence-electron chi connectivity index (χ2n) is 8.81. The molecule has 0 spiro atoms. The quantitative estimate of drug-likeness (QED) is 0.271. The molecule has 0 saturated heterocycles. The van der Waals surface area contributed by atoms with Crippen LogP contribution in [0.1, 0.15) is 56.1 Å². The van der Waals surface area contributed by atoms with Gasteiger partial charge in [0.05, 0.1) is 35.0 Å². The molecule has 0 bridgehead atoms. The Labute approximate surface area is 218 Å². The summed E-state index contributed by atoms with van der Waals surface area (Å²) in [6.45, 7) is 3.13. The fourth-order valence-corrected chi connectivity index (χ4v) is 5.01.